The summed E-state index contributed by atoms with van der Waals surface area (Å²) in [5.74, 6) is 1.21. The molecule has 0 aliphatic heterocycles. The van der Waals surface area contributed by atoms with Gasteiger partial charge in [0.2, 0.25) is 5.91 Å². The largest absolute Gasteiger partial charge is 0.383 e. The van der Waals surface area contributed by atoms with Crippen LogP contribution >= 0.6 is 0 Å². The maximum atomic E-state index is 12.8. The van der Waals surface area contributed by atoms with Gasteiger partial charge in [-0.05, 0) is 43.4 Å². The maximum Gasteiger partial charge on any atom is 0.306 e. The number of nitrogens with zero attached hydrogens (tertiary/aromatic N) is 1. The summed E-state index contributed by atoms with van der Waals surface area (Å²) in [7, 11) is -3.52. The molecule has 0 radical (unpaired) electrons. The fraction of sp³-hybridized carbons (Fsp3) is 0.650. The lowest BCUT2D eigenvalue weighted by atomic mass is 10.0. The van der Waals surface area contributed by atoms with E-state index in [2.05, 4.69) is 13.8 Å². The van der Waals surface area contributed by atoms with Crippen LogP contribution in [0.15, 0.2) is 24.3 Å². The third-order valence-corrected chi connectivity index (χ3v) is 5.70. The Balaban J connectivity index is 1.98. The molecule has 1 saturated carbocycles. The first-order valence-corrected chi connectivity index (χ1v) is 11.4. The van der Waals surface area contributed by atoms with Crippen molar-refractivity contribution in [3.63, 3.8) is 0 Å². The van der Waals surface area contributed by atoms with Gasteiger partial charge in [0.1, 0.15) is 5.75 Å². The lowest BCUT2D eigenvalue weighted by Crippen LogP contribution is -2.37. The number of hydrogen-bond donors (Lipinski definition) is 0. The molecule has 0 bridgehead atoms. The van der Waals surface area contributed by atoms with Gasteiger partial charge in [-0.2, -0.15) is 8.42 Å². The molecule has 1 aliphatic rings. The molecule has 1 fully saturated rings. The van der Waals surface area contributed by atoms with Crippen LogP contribution in [-0.4, -0.2) is 31.5 Å². The van der Waals surface area contributed by atoms with E-state index >= 15 is 0 Å². The number of hydrogen-bond acceptors (Lipinski definition) is 4. The summed E-state index contributed by atoms with van der Waals surface area (Å²) in [6.45, 7) is 4.71. The summed E-state index contributed by atoms with van der Waals surface area (Å²) < 4.78 is 27.2. The highest BCUT2D eigenvalue weighted by atomic mass is 32.2. The Kier molecular flexibility index (Phi) is 7.50. The van der Waals surface area contributed by atoms with Gasteiger partial charge >= 0.3 is 10.1 Å². The van der Waals surface area contributed by atoms with E-state index in [1.165, 1.54) is 25.7 Å². The molecule has 5 nitrogen and oxygen atoms in total. The molecule has 1 aromatic rings. The Hall–Kier alpha value is -1.56. The van der Waals surface area contributed by atoms with E-state index in [0.717, 1.165) is 24.7 Å². The first-order valence-electron chi connectivity index (χ1n) is 9.56. The molecule has 0 unspecified atom stereocenters. The monoisotopic (exact) mass is 381 g/mol. The van der Waals surface area contributed by atoms with Crippen molar-refractivity contribution in [2.24, 2.45) is 5.92 Å². The molecule has 0 heterocycles. The number of benzene rings is 1. The molecular formula is C20H31NO4S. The minimum atomic E-state index is -3.52. The molecule has 26 heavy (non-hydrogen) atoms. The molecule has 146 valence electrons. The zero-order chi connectivity index (χ0) is 19.2. The van der Waals surface area contributed by atoms with Crippen LogP contribution in [0.25, 0.3) is 0 Å². The standard InChI is InChI=1S/C20H31NO4S/c1-4-16(2)21(20(22)14-11-17-7-5-6-8-17)15-18-9-12-19(13-10-18)25-26(3,23)24/h9-10,12-13,16-17H,4-8,11,14-15H2,1-3H3/t16-/m1/s1. The Morgan fingerprint density at radius 3 is 2.38 bits per heavy atom. The quantitative estimate of drug-likeness (QED) is 0.604. The van der Waals surface area contributed by atoms with E-state index in [1.54, 1.807) is 12.1 Å². The van der Waals surface area contributed by atoms with Crippen molar-refractivity contribution in [2.45, 2.75) is 71.4 Å². The van der Waals surface area contributed by atoms with E-state index < -0.39 is 10.1 Å². The van der Waals surface area contributed by atoms with E-state index in [4.69, 9.17) is 4.18 Å². The summed E-state index contributed by atoms with van der Waals surface area (Å²) in [4.78, 5) is 14.7. The zero-order valence-corrected chi connectivity index (χ0v) is 16.9. The van der Waals surface area contributed by atoms with Crippen molar-refractivity contribution in [3.8, 4) is 5.75 Å². The predicted molar refractivity (Wildman–Crippen MR) is 103 cm³/mol. The summed E-state index contributed by atoms with van der Waals surface area (Å²) >= 11 is 0. The van der Waals surface area contributed by atoms with Gasteiger partial charge in [-0.25, -0.2) is 0 Å². The third kappa shape index (κ3) is 6.63. The minimum absolute atomic E-state index is 0.179. The van der Waals surface area contributed by atoms with E-state index in [0.29, 0.717) is 24.6 Å². The van der Waals surface area contributed by atoms with Crippen molar-refractivity contribution in [2.75, 3.05) is 6.26 Å². The zero-order valence-electron chi connectivity index (χ0n) is 16.1. The lowest BCUT2D eigenvalue weighted by molar-refractivity contribution is -0.134. The van der Waals surface area contributed by atoms with Crippen molar-refractivity contribution in [3.05, 3.63) is 29.8 Å². The van der Waals surface area contributed by atoms with Gasteiger partial charge in [0.05, 0.1) is 6.26 Å². The second kappa shape index (κ2) is 9.40. The highest BCUT2D eigenvalue weighted by Gasteiger charge is 2.22. The van der Waals surface area contributed by atoms with Gasteiger partial charge in [-0.3, -0.25) is 4.79 Å². The van der Waals surface area contributed by atoms with Gasteiger partial charge in [0.15, 0.2) is 0 Å². The molecule has 6 heteroatoms. The fourth-order valence-electron chi connectivity index (χ4n) is 3.50. The van der Waals surface area contributed by atoms with Gasteiger partial charge in [0, 0.05) is 19.0 Å². The molecule has 1 amide bonds. The van der Waals surface area contributed by atoms with Crippen LogP contribution in [0.1, 0.15) is 64.4 Å². The summed E-state index contributed by atoms with van der Waals surface area (Å²) in [5, 5.41) is 0. The van der Waals surface area contributed by atoms with Gasteiger partial charge in [-0.1, -0.05) is 44.7 Å². The second-order valence-electron chi connectivity index (χ2n) is 7.40. The Morgan fingerprint density at radius 1 is 1.23 bits per heavy atom. The molecule has 1 aromatic carbocycles. The van der Waals surface area contributed by atoms with Crippen molar-refractivity contribution < 1.29 is 17.4 Å². The number of rotatable bonds is 9. The Labute approximate surface area is 157 Å². The van der Waals surface area contributed by atoms with Gasteiger partial charge in [0.25, 0.3) is 0 Å². The highest BCUT2D eigenvalue weighted by Crippen LogP contribution is 2.29. The first kappa shape index (κ1) is 20.7. The van der Waals surface area contributed by atoms with E-state index in [1.807, 2.05) is 17.0 Å². The molecule has 1 atom stereocenters. The minimum Gasteiger partial charge on any atom is -0.383 e. The second-order valence-corrected chi connectivity index (χ2v) is 8.97. The topological polar surface area (TPSA) is 63.7 Å². The average Bonchev–Trinajstić information content (AvgIpc) is 3.10. The van der Waals surface area contributed by atoms with Gasteiger partial charge < -0.3 is 9.08 Å². The summed E-state index contributed by atoms with van der Waals surface area (Å²) in [6, 6.07) is 7.08. The number of amides is 1. The third-order valence-electron chi connectivity index (χ3n) is 5.21. The number of carbonyl (C=O) groups is 1. The Bertz CT molecular complexity index is 678. The van der Waals surface area contributed by atoms with Crippen LogP contribution in [0.2, 0.25) is 0 Å². The molecule has 0 N–H and O–H groups in total. The summed E-state index contributed by atoms with van der Waals surface area (Å²) in [5.41, 5.74) is 0.973. The Morgan fingerprint density at radius 2 is 1.85 bits per heavy atom. The molecule has 0 aromatic heterocycles. The maximum absolute atomic E-state index is 12.8. The molecule has 2 rings (SSSR count). The molecular weight excluding hydrogens is 350 g/mol. The van der Waals surface area contributed by atoms with Crippen LogP contribution in [0.4, 0.5) is 0 Å². The first-order chi connectivity index (χ1) is 12.3. The average molecular weight is 382 g/mol. The van der Waals surface area contributed by atoms with Crippen LogP contribution in [0.5, 0.6) is 5.75 Å². The van der Waals surface area contributed by atoms with E-state index in [9.17, 15) is 13.2 Å². The van der Waals surface area contributed by atoms with Crippen LogP contribution in [0, 0.1) is 5.92 Å². The molecule has 0 spiro atoms. The number of carbonyl (C=O) groups excluding carboxylic acids is 1. The van der Waals surface area contributed by atoms with Crippen molar-refractivity contribution in [1.29, 1.82) is 0 Å². The fourth-order valence-corrected chi connectivity index (χ4v) is 3.96. The van der Waals surface area contributed by atoms with Crippen molar-refractivity contribution >= 4 is 16.0 Å². The lowest BCUT2D eigenvalue weighted by Gasteiger charge is -2.29. The SMILES string of the molecule is CC[C@@H](C)N(Cc1ccc(OS(C)(=O)=O)cc1)C(=O)CCC1CCCC1. The summed E-state index contributed by atoms with van der Waals surface area (Å²) in [6.07, 6.45) is 8.67. The van der Waals surface area contributed by atoms with E-state index in [-0.39, 0.29) is 11.9 Å². The smallest absolute Gasteiger partial charge is 0.306 e. The molecule has 0 saturated heterocycles. The normalized spacial score (nSPS) is 16.4. The van der Waals surface area contributed by atoms with Gasteiger partial charge in [-0.15, -0.1) is 0 Å². The highest BCUT2D eigenvalue weighted by molar-refractivity contribution is 7.86. The van der Waals surface area contributed by atoms with Crippen LogP contribution in [-0.2, 0) is 21.5 Å². The molecule has 1 aliphatic carbocycles. The van der Waals surface area contributed by atoms with Crippen molar-refractivity contribution in [1.82, 2.24) is 4.90 Å². The van der Waals surface area contributed by atoms with Crippen LogP contribution < -0.4 is 4.18 Å². The predicted octanol–water partition coefficient (Wildman–Crippen LogP) is 4.12. The van der Waals surface area contributed by atoms with Crippen LogP contribution in [0.3, 0.4) is 0 Å².